The van der Waals surface area contributed by atoms with Crippen LogP contribution in [0.4, 0.5) is 5.13 Å². The Morgan fingerprint density at radius 1 is 1.30 bits per heavy atom. The second kappa shape index (κ2) is 9.90. The lowest BCUT2D eigenvalue weighted by atomic mass is 9.97. The van der Waals surface area contributed by atoms with Crippen molar-refractivity contribution in [3.8, 4) is 22.8 Å². The van der Waals surface area contributed by atoms with E-state index in [1.165, 1.54) is 11.3 Å². The molecule has 1 aromatic carbocycles. The van der Waals surface area contributed by atoms with Gasteiger partial charge in [0.15, 0.2) is 5.13 Å². The highest BCUT2D eigenvalue weighted by Gasteiger charge is 2.27. The molecule has 2 aromatic rings. The van der Waals surface area contributed by atoms with Gasteiger partial charge in [-0.05, 0) is 31.5 Å². The van der Waals surface area contributed by atoms with E-state index in [1.54, 1.807) is 39.3 Å². The predicted molar refractivity (Wildman–Crippen MR) is 117 cm³/mol. The number of likely N-dealkylation sites (tertiary alicyclic amines) is 1. The number of piperidine rings is 1. The first-order chi connectivity index (χ1) is 14.4. The van der Waals surface area contributed by atoms with E-state index in [0.717, 1.165) is 30.6 Å². The summed E-state index contributed by atoms with van der Waals surface area (Å²) in [6.45, 7) is 1.67. The van der Waals surface area contributed by atoms with Crippen LogP contribution in [0, 0.1) is 5.92 Å². The molecule has 0 bridgehead atoms. The number of thiazole rings is 1. The Balaban J connectivity index is 1.61. The van der Waals surface area contributed by atoms with Crippen LogP contribution in [0.2, 0.25) is 0 Å². The number of hydrogen-bond donors (Lipinski definition) is 1. The van der Waals surface area contributed by atoms with Gasteiger partial charge in [-0.25, -0.2) is 4.98 Å². The van der Waals surface area contributed by atoms with Crippen LogP contribution in [0.3, 0.4) is 0 Å². The summed E-state index contributed by atoms with van der Waals surface area (Å²) in [7, 11) is 6.74. The molecule has 162 valence electrons. The molecule has 8 nitrogen and oxygen atoms in total. The standard InChI is InChI=1S/C21H28N4O4S/c1-24(2)20(27)14-6-5-9-25(11-14)12-19(26)23-21-22-17(13-30-21)16-8-7-15(28-3)10-18(16)29-4/h7-8,10,13-14H,5-6,9,11-12H2,1-4H3,(H,22,23,26). The molecule has 0 saturated carbocycles. The number of benzene rings is 1. The van der Waals surface area contributed by atoms with E-state index in [-0.39, 0.29) is 24.3 Å². The lowest BCUT2D eigenvalue weighted by Crippen LogP contribution is -2.45. The van der Waals surface area contributed by atoms with Crippen LogP contribution in [-0.2, 0) is 9.59 Å². The Morgan fingerprint density at radius 3 is 2.80 bits per heavy atom. The van der Waals surface area contributed by atoms with Gasteiger partial charge in [0, 0.05) is 37.6 Å². The first-order valence-electron chi connectivity index (χ1n) is 9.82. The molecule has 1 aliphatic rings. The zero-order valence-corrected chi connectivity index (χ0v) is 18.6. The Kier molecular flexibility index (Phi) is 7.28. The summed E-state index contributed by atoms with van der Waals surface area (Å²) in [6, 6.07) is 5.53. The number of ether oxygens (including phenoxy) is 2. The van der Waals surface area contributed by atoms with Crippen LogP contribution in [-0.4, -0.2) is 74.5 Å². The van der Waals surface area contributed by atoms with Gasteiger partial charge in [-0.3, -0.25) is 14.5 Å². The maximum Gasteiger partial charge on any atom is 0.240 e. The van der Waals surface area contributed by atoms with E-state index >= 15 is 0 Å². The summed E-state index contributed by atoms with van der Waals surface area (Å²) in [5, 5.41) is 5.29. The molecule has 30 heavy (non-hydrogen) atoms. The largest absolute Gasteiger partial charge is 0.497 e. The zero-order chi connectivity index (χ0) is 21.7. The normalized spacial score (nSPS) is 16.7. The number of nitrogens with one attached hydrogen (secondary N) is 1. The number of carbonyl (C=O) groups excluding carboxylic acids is 2. The average Bonchev–Trinajstić information content (AvgIpc) is 3.20. The average molecular weight is 433 g/mol. The maximum absolute atomic E-state index is 12.5. The molecule has 0 radical (unpaired) electrons. The van der Waals surface area contributed by atoms with Crippen molar-refractivity contribution < 1.29 is 19.1 Å². The van der Waals surface area contributed by atoms with Crippen molar-refractivity contribution in [1.82, 2.24) is 14.8 Å². The first kappa shape index (κ1) is 22.0. The van der Waals surface area contributed by atoms with E-state index in [2.05, 4.69) is 10.3 Å². The molecule has 1 aromatic heterocycles. The number of rotatable bonds is 7. The van der Waals surface area contributed by atoms with Gasteiger partial charge in [-0.1, -0.05) is 0 Å². The topological polar surface area (TPSA) is 84.0 Å². The monoisotopic (exact) mass is 432 g/mol. The minimum atomic E-state index is -0.129. The molecule has 1 atom stereocenters. The maximum atomic E-state index is 12.5. The van der Waals surface area contributed by atoms with Crippen LogP contribution in [0.1, 0.15) is 12.8 Å². The Bertz CT molecular complexity index is 899. The molecular formula is C21H28N4O4S. The molecule has 9 heteroatoms. The fraction of sp³-hybridized carbons (Fsp3) is 0.476. The van der Waals surface area contributed by atoms with E-state index in [9.17, 15) is 9.59 Å². The smallest absolute Gasteiger partial charge is 0.240 e. The van der Waals surface area contributed by atoms with Gasteiger partial charge in [-0.2, -0.15) is 0 Å². The fourth-order valence-corrected chi connectivity index (χ4v) is 4.32. The molecule has 2 heterocycles. The first-order valence-corrected chi connectivity index (χ1v) is 10.7. The lowest BCUT2D eigenvalue weighted by Gasteiger charge is -2.32. The fourth-order valence-electron chi connectivity index (χ4n) is 3.59. The molecule has 1 unspecified atom stereocenters. The molecule has 0 aliphatic carbocycles. The van der Waals surface area contributed by atoms with Crippen molar-refractivity contribution in [3.05, 3.63) is 23.6 Å². The molecule has 0 spiro atoms. The highest BCUT2D eigenvalue weighted by atomic mass is 32.1. The quantitative estimate of drug-likeness (QED) is 0.724. The third-order valence-electron chi connectivity index (χ3n) is 5.10. The highest BCUT2D eigenvalue weighted by molar-refractivity contribution is 7.14. The molecule has 1 N–H and O–H groups in total. The summed E-state index contributed by atoms with van der Waals surface area (Å²) in [4.78, 5) is 32.9. The second-order valence-electron chi connectivity index (χ2n) is 7.46. The summed E-state index contributed by atoms with van der Waals surface area (Å²) in [5.74, 6) is 1.30. The van der Waals surface area contributed by atoms with Gasteiger partial charge in [-0.15, -0.1) is 11.3 Å². The van der Waals surface area contributed by atoms with E-state index in [0.29, 0.717) is 23.2 Å². The highest BCUT2D eigenvalue weighted by Crippen LogP contribution is 2.34. The van der Waals surface area contributed by atoms with Crippen molar-refractivity contribution >= 4 is 28.3 Å². The van der Waals surface area contributed by atoms with Gasteiger partial charge in [0.05, 0.1) is 32.4 Å². The summed E-state index contributed by atoms with van der Waals surface area (Å²) in [6.07, 6.45) is 1.78. The van der Waals surface area contributed by atoms with Crippen LogP contribution in [0.25, 0.3) is 11.3 Å². The van der Waals surface area contributed by atoms with Gasteiger partial charge in [0.25, 0.3) is 0 Å². The SMILES string of the molecule is COc1ccc(-c2csc(NC(=O)CN3CCCC(C(=O)N(C)C)C3)n2)c(OC)c1. The molecule has 3 rings (SSSR count). The molecule has 1 saturated heterocycles. The number of carbonyl (C=O) groups is 2. The number of anilines is 1. The third kappa shape index (κ3) is 5.28. The van der Waals surface area contributed by atoms with Gasteiger partial charge >= 0.3 is 0 Å². The zero-order valence-electron chi connectivity index (χ0n) is 17.8. The van der Waals surface area contributed by atoms with Crippen LogP contribution in [0.15, 0.2) is 23.6 Å². The Hall–Kier alpha value is -2.65. The predicted octanol–water partition coefficient (Wildman–Crippen LogP) is 2.57. The van der Waals surface area contributed by atoms with Gasteiger partial charge < -0.3 is 19.7 Å². The molecule has 2 amide bonds. The van der Waals surface area contributed by atoms with Gasteiger partial charge in [0.2, 0.25) is 11.8 Å². The molecule has 1 aliphatic heterocycles. The Morgan fingerprint density at radius 2 is 2.10 bits per heavy atom. The van der Waals surface area contributed by atoms with Gasteiger partial charge in [0.1, 0.15) is 11.5 Å². The number of methoxy groups -OCH3 is 2. The summed E-state index contributed by atoms with van der Waals surface area (Å²) < 4.78 is 10.7. The van der Waals surface area contributed by atoms with Crippen molar-refractivity contribution in [3.63, 3.8) is 0 Å². The minimum Gasteiger partial charge on any atom is -0.497 e. The number of amides is 2. The van der Waals surface area contributed by atoms with E-state index in [1.807, 2.05) is 22.4 Å². The van der Waals surface area contributed by atoms with Crippen molar-refractivity contribution in [1.29, 1.82) is 0 Å². The van der Waals surface area contributed by atoms with Crippen molar-refractivity contribution in [2.45, 2.75) is 12.8 Å². The number of hydrogen-bond acceptors (Lipinski definition) is 7. The summed E-state index contributed by atoms with van der Waals surface area (Å²) >= 11 is 1.36. The number of aromatic nitrogens is 1. The van der Waals surface area contributed by atoms with Crippen LogP contribution >= 0.6 is 11.3 Å². The third-order valence-corrected chi connectivity index (χ3v) is 5.86. The Labute approximate surface area is 180 Å². The molecular weight excluding hydrogens is 404 g/mol. The van der Waals surface area contributed by atoms with Crippen molar-refractivity contribution in [2.75, 3.05) is 53.3 Å². The minimum absolute atomic E-state index is 0.0458. The van der Waals surface area contributed by atoms with Crippen LogP contribution < -0.4 is 14.8 Å². The van der Waals surface area contributed by atoms with E-state index in [4.69, 9.17) is 9.47 Å². The number of nitrogens with zero attached hydrogens (tertiary/aromatic N) is 3. The van der Waals surface area contributed by atoms with E-state index < -0.39 is 0 Å². The summed E-state index contributed by atoms with van der Waals surface area (Å²) in [5.41, 5.74) is 1.56. The second-order valence-corrected chi connectivity index (χ2v) is 8.32. The van der Waals surface area contributed by atoms with Crippen LogP contribution in [0.5, 0.6) is 11.5 Å². The molecule has 1 fully saturated rings. The van der Waals surface area contributed by atoms with Crippen molar-refractivity contribution in [2.24, 2.45) is 5.92 Å². The lowest BCUT2D eigenvalue weighted by molar-refractivity contribution is -0.135.